The van der Waals surface area contributed by atoms with E-state index in [0.717, 1.165) is 64.7 Å². The van der Waals surface area contributed by atoms with Gasteiger partial charge in [-0.3, -0.25) is 9.78 Å². The van der Waals surface area contributed by atoms with Crippen LogP contribution in [-0.4, -0.2) is 32.9 Å². The number of furan rings is 1. The molecule has 0 bridgehead atoms. The minimum atomic E-state index is -0.0949. The minimum Gasteiger partial charge on any atom is -0.454 e. The van der Waals surface area contributed by atoms with Crippen molar-refractivity contribution in [3.05, 3.63) is 72.7 Å². The van der Waals surface area contributed by atoms with Crippen molar-refractivity contribution < 1.29 is 9.21 Å². The molecule has 170 valence electrons. The molecular weight excluding hydrogens is 426 g/mol. The van der Waals surface area contributed by atoms with Crippen LogP contribution in [0.25, 0.3) is 44.6 Å². The van der Waals surface area contributed by atoms with Crippen LogP contribution in [0.3, 0.4) is 0 Å². The third-order valence-corrected chi connectivity index (χ3v) is 6.69. The Labute approximate surface area is 196 Å². The highest BCUT2D eigenvalue weighted by Gasteiger charge is 2.24. The van der Waals surface area contributed by atoms with E-state index in [4.69, 9.17) is 10.2 Å². The number of nitrogens with one attached hydrogen (secondary N) is 2. The molecule has 7 heteroatoms. The van der Waals surface area contributed by atoms with Crippen molar-refractivity contribution in [2.45, 2.75) is 37.8 Å². The molecule has 1 amide bonds. The van der Waals surface area contributed by atoms with Crippen molar-refractivity contribution >= 4 is 28.0 Å². The number of hydrogen-bond donors (Lipinski definition) is 3. The normalized spacial score (nSPS) is 18.4. The monoisotopic (exact) mass is 451 g/mol. The van der Waals surface area contributed by atoms with Gasteiger partial charge in [-0.2, -0.15) is 0 Å². The number of hydrogen-bond acceptors (Lipinski definition) is 5. The molecule has 6 rings (SSSR count). The van der Waals surface area contributed by atoms with E-state index >= 15 is 0 Å². The zero-order valence-electron chi connectivity index (χ0n) is 18.6. The quantitative estimate of drug-likeness (QED) is 0.355. The van der Waals surface area contributed by atoms with Gasteiger partial charge >= 0.3 is 0 Å². The van der Waals surface area contributed by atoms with Crippen LogP contribution >= 0.6 is 0 Å². The fourth-order valence-electron chi connectivity index (χ4n) is 4.81. The third-order valence-electron chi connectivity index (χ3n) is 6.69. The Morgan fingerprint density at radius 1 is 1.00 bits per heavy atom. The van der Waals surface area contributed by atoms with E-state index in [1.807, 2.05) is 54.6 Å². The summed E-state index contributed by atoms with van der Waals surface area (Å²) in [7, 11) is 0. The number of rotatable bonds is 4. The summed E-state index contributed by atoms with van der Waals surface area (Å²) < 4.78 is 6.29. The van der Waals surface area contributed by atoms with Crippen LogP contribution in [0.4, 0.5) is 0 Å². The number of benzene rings is 2. The minimum absolute atomic E-state index is 0.0169. The summed E-state index contributed by atoms with van der Waals surface area (Å²) in [5.74, 6) is 0.633. The number of aromatic nitrogens is 3. The molecule has 4 N–H and O–H groups in total. The van der Waals surface area contributed by atoms with Crippen LogP contribution in [0.15, 0.2) is 71.5 Å². The zero-order chi connectivity index (χ0) is 23.1. The predicted octanol–water partition coefficient (Wildman–Crippen LogP) is 5.04. The summed E-state index contributed by atoms with van der Waals surface area (Å²) in [6.07, 6.45) is 7.55. The molecule has 1 aliphatic carbocycles. The Bertz CT molecular complexity index is 1500. The molecule has 0 saturated heterocycles. The first-order valence-electron chi connectivity index (χ1n) is 11.6. The van der Waals surface area contributed by atoms with Gasteiger partial charge < -0.3 is 20.5 Å². The summed E-state index contributed by atoms with van der Waals surface area (Å²) in [6.45, 7) is 0. The molecule has 1 aliphatic rings. The Balaban J connectivity index is 1.33. The van der Waals surface area contributed by atoms with Gasteiger partial charge in [0.05, 0.1) is 17.4 Å². The van der Waals surface area contributed by atoms with Gasteiger partial charge in [-0.15, -0.1) is 0 Å². The fourth-order valence-corrected chi connectivity index (χ4v) is 4.81. The van der Waals surface area contributed by atoms with Crippen molar-refractivity contribution in [3.8, 4) is 22.5 Å². The number of pyridine rings is 1. The fraction of sp³-hybridized carbons (Fsp3) is 0.222. The van der Waals surface area contributed by atoms with Crippen molar-refractivity contribution in [1.82, 2.24) is 20.3 Å². The second kappa shape index (κ2) is 8.43. The van der Waals surface area contributed by atoms with Gasteiger partial charge in [0, 0.05) is 41.0 Å². The van der Waals surface area contributed by atoms with Crippen LogP contribution in [0.2, 0.25) is 0 Å². The summed E-state index contributed by atoms with van der Waals surface area (Å²) in [6, 6.07) is 17.5. The van der Waals surface area contributed by atoms with E-state index < -0.39 is 0 Å². The van der Waals surface area contributed by atoms with Gasteiger partial charge in [0.2, 0.25) is 0 Å². The standard InChI is InChI=1S/C27H25N5O2/c28-20-6-1-2-7-21(20)32-27(33)18-5-3-4-16(12-18)19-10-11-29-24-14-25(34-26(19)24)17-8-9-22-23(13-17)31-15-30-22/h3-5,8-15,20-21H,1-2,6-7,28H2,(H,30,31)(H,32,33)/t20-,21+/m0/s1. The third kappa shape index (κ3) is 3.74. The number of nitrogens with zero attached hydrogens (tertiary/aromatic N) is 2. The van der Waals surface area contributed by atoms with Crippen LogP contribution in [0.1, 0.15) is 36.0 Å². The predicted molar refractivity (Wildman–Crippen MR) is 132 cm³/mol. The number of imidazole rings is 1. The molecule has 0 radical (unpaired) electrons. The maximum atomic E-state index is 13.0. The van der Waals surface area contributed by atoms with Crippen molar-refractivity contribution in [2.24, 2.45) is 5.73 Å². The van der Waals surface area contributed by atoms with E-state index in [2.05, 4.69) is 20.3 Å². The number of carbonyl (C=O) groups is 1. The van der Waals surface area contributed by atoms with Crippen LogP contribution in [0, 0.1) is 0 Å². The van der Waals surface area contributed by atoms with Gasteiger partial charge in [-0.05, 0) is 54.8 Å². The topological polar surface area (TPSA) is 110 Å². The van der Waals surface area contributed by atoms with Gasteiger partial charge in [0.15, 0.2) is 5.58 Å². The number of fused-ring (bicyclic) bond motifs is 2. The molecular formula is C27H25N5O2. The number of amides is 1. The molecule has 0 unspecified atom stereocenters. The van der Waals surface area contributed by atoms with E-state index in [1.54, 1.807) is 12.5 Å². The maximum Gasteiger partial charge on any atom is 0.251 e. The largest absolute Gasteiger partial charge is 0.454 e. The molecule has 0 aliphatic heterocycles. The van der Waals surface area contributed by atoms with Gasteiger partial charge in [0.25, 0.3) is 5.91 Å². The Hall–Kier alpha value is -3.97. The van der Waals surface area contributed by atoms with Gasteiger partial charge in [0.1, 0.15) is 11.3 Å². The molecule has 2 aromatic carbocycles. The molecule has 3 aromatic heterocycles. The van der Waals surface area contributed by atoms with E-state index in [1.165, 1.54) is 0 Å². The molecule has 34 heavy (non-hydrogen) atoms. The number of carbonyl (C=O) groups excluding carboxylic acids is 1. The highest BCUT2D eigenvalue weighted by molar-refractivity contribution is 5.98. The zero-order valence-corrected chi connectivity index (χ0v) is 18.6. The first kappa shape index (κ1) is 20.6. The first-order valence-corrected chi connectivity index (χ1v) is 11.6. The molecule has 1 fully saturated rings. The molecule has 3 heterocycles. The van der Waals surface area contributed by atoms with E-state index in [-0.39, 0.29) is 18.0 Å². The number of H-pyrrole nitrogens is 1. The van der Waals surface area contributed by atoms with Crippen LogP contribution < -0.4 is 11.1 Å². The smallest absolute Gasteiger partial charge is 0.251 e. The SMILES string of the molecule is N[C@H]1CCCC[C@H]1NC(=O)c1cccc(-c2ccnc3cc(-c4ccc5nc[nH]c5c4)oc23)c1. The van der Waals surface area contributed by atoms with Crippen molar-refractivity contribution in [2.75, 3.05) is 0 Å². The molecule has 2 atom stereocenters. The van der Waals surface area contributed by atoms with E-state index in [9.17, 15) is 4.79 Å². The summed E-state index contributed by atoms with van der Waals surface area (Å²) in [5, 5.41) is 3.13. The summed E-state index contributed by atoms with van der Waals surface area (Å²) in [4.78, 5) is 24.9. The Morgan fingerprint density at radius 2 is 1.91 bits per heavy atom. The lowest BCUT2D eigenvalue weighted by molar-refractivity contribution is 0.0921. The Morgan fingerprint density at radius 3 is 2.82 bits per heavy atom. The second-order valence-corrected chi connectivity index (χ2v) is 8.93. The second-order valence-electron chi connectivity index (χ2n) is 8.93. The molecule has 5 aromatic rings. The average molecular weight is 452 g/mol. The first-order chi connectivity index (χ1) is 16.7. The lowest BCUT2D eigenvalue weighted by atomic mass is 9.91. The van der Waals surface area contributed by atoms with Gasteiger partial charge in [-0.1, -0.05) is 25.0 Å². The lowest BCUT2D eigenvalue weighted by Crippen LogP contribution is -2.49. The van der Waals surface area contributed by atoms with Crippen LogP contribution in [-0.2, 0) is 0 Å². The average Bonchev–Trinajstić information content (AvgIpc) is 3.52. The van der Waals surface area contributed by atoms with Crippen molar-refractivity contribution in [1.29, 1.82) is 0 Å². The molecule has 7 nitrogen and oxygen atoms in total. The lowest BCUT2D eigenvalue weighted by Gasteiger charge is -2.29. The Kier molecular flexibility index (Phi) is 5.11. The highest BCUT2D eigenvalue weighted by atomic mass is 16.3. The van der Waals surface area contributed by atoms with Crippen LogP contribution in [0.5, 0.6) is 0 Å². The summed E-state index contributed by atoms with van der Waals surface area (Å²) >= 11 is 0. The molecule has 0 spiro atoms. The number of nitrogens with two attached hydrogens (primary N) is 1. The number of aromatic amines is 1. The summed E-state index contributed by atoms with van der Waals surface area (Å²) in [5.41, 5.74) is 12.9. The highest BCUT2D eigenvalue weighted by Crippen LogP contribution is 2.34. The molecule has 1 saturated carbocycles. The van der Waals surface area contributed by atoms with Gasteiger partial charge in [-0.25, -0.2) is 4.98 Å². The van der Waals surface area contributed by atoms with Crippen molar-refractivity contribution in [3.63, 3.8) is 0 Å². The van der Waals surface area contributed by atoms with E-state index in [0.29, 0.717) is 11.1 Å². The maximum absolute atomic E-state index is 13.0.